The molecule has 1 aromatic rings. The second-order valence-electron chi connectivity index (χ2n) is 5.98. The van der Waals surface area contributed by atoms with Crippen LogP contribution in [0.15, 0.2) is 6.20 Å². The lowest BCUT2D eigenvalue weighted by Gasteiger charge is -2.28. The number of sulfone groups is 1. The number of rotatable bonds is 2. The highest BCUT2D eigenvalue weighted by Crippen LogP contribution is 2.33. The molecule has 1 aliphatic carbocycles. The largest absolute Gasteiger partial charge is 0.337 e. The Morgan fingerprint density at radius 2 is 1.86 bits per heavy atom. The minimum absolute atomic E-state index is 0.0648. The summed E-state index contributed by atoms with van der Waals surface area (Å²) in [6.07, 6.45) is 7.43. The Morgan fingerprint density at radius 3 is 2.52 bits per heavy atom. The fraction of sp³-hybridized carbons (Fsp3) is 0.714. The summed E-state index contributed by atoms with van der Waals surface area (Å²) in [5.74, 6) is 0.429. The van der Waals surface area contributed by atoms with Crippen molar-refractivity contribution in [1.82, 2.24) is 15.1 Å². The van der Waals surface area contributed by atoms with Crippen LogP contribution in [0, 0.1) is 0 Å². The Morgan fingerprint density at radius 1 is 1.19 bits per heavy atom. The molecular weight excluding hydrogens is 290 g/mol. The Bertz CT molecular complexity index is 603. The molecule has 1 amide bonds. The molecule has 1 saturated heterocycles. The highest BCUT2D eigenvalue weighted by molar-refractivity contribution is 7.91. The number of carbonyl (C=O) groups is 1. The lowest BCUT2D eigenvalue weighted by molar-refractivity contribution is 0.0768. The standard InChI is InChI=1S/C14H21N3O3S/c18-14(17-6-8-21(19,20)9-7-17)12-10-15-16-13(12)11-4-2-1-3-5-11/h10-11H,1-9H2,(H,15,16). The van der Waals surface area contributed by atoms with E-state index >= 15 is 0 Å². The normalized spacial score (nSPS) is 23.1. The van der Waals surface area contributed by atoms with Gasteiger partial charge in [-0.05, 0) is 12.8 Å². The topological polar surface area (TPSA) is 83.1 Å². The molecule has 0 bridgehead atoms. The fourth-order valence-electron chi connectivity index (χ4n) is 3.25. The molecule has 21 heavy (non-hydrogen) atoms. The summed E-state index contributed by atoms with van der Waals surface area (Å²) in [5, 5.41) is 7.05. The van der Waals surface area contributed by atoms with Gasteiger partial charge >= 0.3 is 0 Å². The predicted molar refractivity (Wildman–Crippen MR) is 79.0 cm³/mol. The molecule has 2 fully saturated rings. The van der Waals surface area contributed by atoms with E-state index in [2.05, 4.69) is 10.2 Å². The average molecular weight is 311 g/mol. The van der Waals surface area contributed by atoms with Crippen LogP contribution in [0.2, 0.25) is 0 Å². The van der Waals surface area contributed by atoms with Crippen LogP contribution in [0.1, 0.15) is 54.1 Å². The molecule has 6 nitrogen and oxygen atoms in total. The van der Waals surface area contributed by atoms with Crippen LogP contribution in [0.5, 0.6) is 0 Å². The first-order valence-electron chi connectivity index (χ1n) is 7.60. The zero-order chi connectivity index (χ0) is 14.9. The molecule has 2 aliphatic rings. The number of aromatic amines is 1. The Kier molecular flexibility index (Phi) is 4.01. The molecule has 1 N–H and O–H groups in total. The van der Waals surface area contributed by atoms with Crippen molar-refractivity contribution in [3.8, 4) is 0 Å². The van der Waals surface area contributed by atoms with Crippen molar-refractivity contribution in [3.63, 3.8) is 0 Å². The number of carbonyl (C=O) groups excluding carboxylic acids is 1. The van der Waals surface area contributed by atoms with Gasteiger partial charge in [0.2, 0.25) is 0 Å². The summed E-state index contributed by atoms with van der Waals surface area (Å²) in [6, 6.07) is 0. The van der Waals surface area contributed by atoms with Crippen molar-refractivity contribution >= 4 is 15.7 Å². The quantitative estimate of drug-likeness (QED) is 0.893. The molecule has 0 unspecified atom stereocenters. The summed E-state index contributed by atoms with van der Waals surface area (Å²) in [7, 11) is -2.97. The maximum atomic E-state index is 12.6. The van der Waals surface area contributed by atoms with Gasteiger partial charge in [0.15, 0.2) is 9.84 Å². The van der Waals surface area contributed by atoms with Gasteiger partial charge in [0.1, 0.15) is 0 Å². The molecule has 0 radical (unpaired) electrons. The second kappa shape index (κ2) is 5.79. The smallest absolute Gasteiger partial charge is 0.257 e. The van der Waals surface area contributed by atoms with E-state index < -0.39 is 9.84 Å². The van der Waals surface area contributed by atoms with Gasteiger partial charge in [0, 0.05) is 19.0 Å². The first-order chi connectivity index (χ1) is 10.1. The van der Waals surface area contributed by atoms with Crippen LogP contribution in [0.25, 0.3) is 0 Å². The van der Waals surface area contributed by atoms with Crippen LogP contribution in [0.3, 0.4) is 0 Å². The summed E-state index contributed by atoms with van der Waals surface area (Å²) in [4.78, 5) is 14.2. The molecule has 7 heteroatoms. The van der Waals surface area contributed by atoms with Gasteiger partial charge in [-0.2, -0.15) is 5.10 Å². The lowest BCUT2D eigenvalue weighted by atomic mass is 9.85. The third-order valence-electron chi connectivity index (χ3n) is 4.54. The van der Waals surface area contributed by atoms with Gasteiger partial charge in [-0.25, -0.2) is 8.42 Å². The first kappa shape index (κ1) is 14.6. The molecule has 1 aromatic heterocycles. The molecule has 116 valence electrons. The van der Waals surface area contributed by atoms with Gasteiger partial charge in [0.25, 0.3) is 5.91 Å². The van der Waals surface area contributed by atoms with E-state index in [4.69, 9.17) is 0 Å². The fourth-order valence-corrected chi connectivity index (χ4v) is 4.46. The molecule has 0 atom stereocenters. The zero-order valence-electron chi connectivity index (χ0n) is 12.0. The summed E-state index contributed by atoms with van der Waals surface area (Å²) in [5.41, 5.74) is 1.56. The van der Waals surface area contributed by atoms with Gasteiger partial charge in [-0.1, -0.05) is 19.3 Å². The Labute approximate surface area is 124 Å². The SMILES string of the molecule is O=C(c1cn[nH]c1C1CCCCC1)N1CCS(=O)(=O)CC1. The average Bonchev–Trinajstić information content (AvgIpc) is 2.97. The first-order valence-corrected chi connectivity index (χ1v) is 9.42. The van der Waals surface area contributed by atoms with E-state index in [-0.39, 0.29) is 30.5 Å². The van der Waals surface area contributed by atoms with E-state index in [1.807, 2.05) is 0 Å². The van der Waals surface area contributed by atoms with Crippen molar-refractivity contribution in [3.05, 3.63) is 17.5 Å². The van der Waals surface area contributed by atoms with Crippen molar-refractivity contribution in [2.24, 2.45) is 0 Å². The van der Waals surface area contributed by atoms with Gasteiger partial charge in [-0.15, -0.1) is 0 Å². The third kappa shape index (κ3) is 3.12. The number of hydrogen-bond acceptors (Lipinski definition) is 4. The summed E-state index contributed by atoms with van der Waals surface area (Å²) in [6.45, 7) is 0.576. The second-order valence-corrected chi connectivity index (χ2v) is 8.28. The number of H-pyrrole nitrogens is 1. The minimum atomic E-state index is -2.97. The van der Waals surface area contributed by atoms with Crippen LogP contribution in [-0.2, 0) is 9.84 Å². The predicted octanol–water partition coefficient (Wildman–Crippen LogP) is 1.33. The molecule has 2 heterocycles. The summed E-state index contributed by atoms with van der Waals surface area (Å²) < 4.78 is 22.9. The van der Waals surface area contributed by atoms with Crippen molar-refractivity contribution in [2.45, 2.75) is 38.0 Å². The minimum Gasteiger partial charge on any atom is -0.337 e. The number of hydrogen-bond donors (Lipinski definition) is 1. The maximum Gasteiger partial charge on any atom is 0.257 e. The van der Waals surface area contributed by atoms with E-state index in [0.717, 1.165) is 18.5 Å². The molecule has 1 aliphatic heterocycles. The summed E-state index contributed by atoms with van der Waals surface area (Å²) >= 11 is 0. The zero-order valence-corrected chi connectivity index (χ0v) is 12.9. The highest BCUT2D eigenvalue weighted by atomic mass is 32.2. The van der Waals surface area contributed by atoms with Crippen molar-refractivity contribution < 1.29 is 13.2 Å². The molecule has 0 spiro atoms. The van der Waals surface area contributed by atoms with Gasteiger partial charge in [-0.3, -0.25) is 9.89 Å². The number of amides is 1. The van der Waals surface area contributed by atoms with Crippen molar-refractivity contribution in [2.75, 3.05) is 24.6 Å². The Hall–Kier alpha value is -1.37. The lowest BCUT2D eigenvalue weighted by Crippen LogP contribution is -2.44. The molecule has 1 saturated carbocycles. The van der Waals surface area contributed by atoms with Crippen molar-refractivity contribution in [1.29, 1.82) is 0 Å². The van der Waals surface area contributed by atoms with Gasteiger partial charge in [0.05, 0.1) is 29.0 Å². The van der Waals surface area contributed by atoms with Crippen LogP contribution in [-0.4, -0.2) is 54.0 Å². The third-order valence-corrected chi connectivity index (χ3v) is 6.15. The molecule has 3 rings (SSSR count). The molecule has 0 aromatic carbocycles. The monoisotopic (exact) mass is 311 g/mol. The number of nitrogens with zero attached hydrogens (tertiary/aromatic N) is 2. The Balaban J connectivity index is 1.75. The highest BCUT2D eigenvalue weighted by Gasteiger charge is 2.29. The van der Waals surface area contributed by atoms with Crippen LogP contribution < -0.4 is 0 Å². The van der Waals surface area contributed by atoms with Gasteiger partial charge < -0.3 is 4.90 Å². The van der Waals surface area contributed by atoms with E-state index in [9.17, 15) is 13.2 Å². The number of aromatic nitrogens is 2. The maximum absolute atomic E-state index is 12.6. The number of nitrogens with one attached hydrogen (secondary N) is 1. The van der Waals surface area contributed by atoms with E-state index in [0.29, 0.717) is 11.5 Å². The molecular formula is C14H21N3O3S. The van der Waals surface area contributed by atoms with Crippen LogP contribution >= 0.6 is 0 Å². The van der Waals surface area contributed by atoms with E-state index in [1.165, 1.54) is 19.3 Å². The van der Waals surface area contributed by atoms with Crippen LogP contribution in [0.4, 0.5) is 0 Å². The van der Waals surface area contributed by atoms with E-state index in [1.54, 1.807) is 11.1 Å².